The average Bonchev–Trinajstić information content (AvgIpc) is 2.67. The van der Waals surface area contributed by atoms with Crippen molar-refractivity contribution in [2.75, 3.05) is 16.7 Å². The summed E-state index contributed by atoms with van der Waals surface area (Å²) >= 11 is 6.31. The second kappa shape index (κ2) is 8.27. The molecular weight excluding hydrogens is 408 g/mol. The molecule has 0 radical (unpaired) electrons. The van der Waals surface area contributed by atoms with Gasteiger partial charge in [-0.3, -0.25) is 9.10 Å². The number of anilines is 2. The molecule has 3 rings (SSSR count). The van der Waals surface area contributed by atoms with Crippen LogP contribution in [0.3, 0.4) is 0 Å². The lowest BCUT2D eigenvalue weighted by Crippen LogP contribution is -2.26. The first-order valence-electron chi connectivity index (χ1n) is 8.91. The van der Waals surface area contributed by atoms with Crippen LogP contribution in [0.1, 0.15) is 21.5 Å². The van der Waals surface area contributed by atoms with Crippen LogP contribution in [0.25, 0.3) is 0 Å². The Labute approximate surface area is 176 Å². The minimum absolute atomic E-state index is 0.166. The van der Waals surface area contributed by atoms with Crippen molar-refractivity contribution in [3.63, 3.8) is 0 Å². The molecule has 5 nitrogen and oxygen atoms in total. The number of hydrogen-bond acceptors (Lipinski definition) is 3. The van der Waals surface area contributed by atoms with Crippen molar-refractivity contribution in [2.24, 2.45) is 0 Å². The first-order valence-corrected chi connectivity index (χ1v) is 10.7. The molecule has 0 aliphatic carbocycles. The van der Waals surface area contributed by atoms with Crippen molar-refractivity contribution in [3.8, 4) is 0 Å². The number of hydrogen-bond donors (Lipinski definition) is 1. The second-order valence-electron chi connectivity index (χ2n) is 6.78. The molecule has 150 valence electrons. The highest BCUT2D eigenvalue weighted by Gasteiger charge is 2.22. The summed E-state index contributed by atoms with van der Waals surface area (Å²) in [5, 5.41) is 3.00. The zero-order valence-electron chi connectivity index (χ0n) is 16.3. The van der Waals surface area contributed by atoms with E-state index in [2.05, 4.69) is 5.32 Å². The molecule has 0 unspecified atom stereocenters. The van der Waals surface area contributed by atoms with Crippen LogP contribution in [-0.2, 0) is 10.0 Å². The van der Waals surface area contributed by atoms with Gasteiger partial charge in [-0.25, -0.2) is 8.42 Å². The van der Waals surface area contributed by atoms with Gasteiger partial charge in [0.1, 0.15) is 0 Å². The Morgan fingerprint density at radius 2 is 1.55 bits per heavy atom. The van der Waals surface area contributed by atoms with Gasteiger partial charge in [-0.05, 0) is 67.4 Å². The fourth-order valence-electron chi connectivity index (χ4n) is 3.02. The highest BCUT2D eigenvalue weighted by atomic mass is 35.5. The third-order valence-electron chi connectivity index (χ3n) is 4.44. The lowest BCUT2D eigenvalue weighted by molar-refractivity contribution is 0.102. The van der Waals surface area contributed by atoms with E-state index in [1.165, 1.54) is 31.3 Å². The molecule has 1 N–H and O–H groups in total. The lowest BCUT2D eigenvalue weighted by Gasteiger charge is -2.20. The van der Waals surface area contributed by atoms with Gasteiger partial charge in [0.15, 0.2) is 0 Å². The monoisotopic (exact) mass is 428 g/mol. The van der Waals surface area contributed by atoms with Crippen molar-refractivity contribution in [1.82, 2.24) is 0 Å². The number of benzene rings is 3. The van der Waals surface area contributed by atoms with Gasteiger partial charge in [0.05, 0.1) is 21.2 Å². The predicted molar refractivity (Wildman–Crippen MR) is 117 cm³/mol. The quantitative estimate of drug-likeness (QED) is 0.619. The molecule has 0 heterocycles. The van der Waals surface area contributed by atoms with Gasteiger partial charge in [-0.15, -0.1) is 0 Å². The van der Waals surface area contributed by atoms with E-state index in [1.807, 2.05) is 32.0 Å². The smallest absolute Gasteiger partial charge is 0.264 e. The number of sulfonamides is 1. The van der Waals surface area contributed by atoms with Crippen molar-refractivity contribution in [2.45, 2.75) is 18.7 Å². The Bertz CT molecular complexity index is 1140. The summed E-state index contributed by atoms with van der Waals surface area (Å²) in [5.74, 6) is -0.361. The summed E-state index contributed by atoms with van der Waals surface area (Å²) in [5.41, 5.74) is 3.38. The van der Waals surface area contributed by atoms with Crippen LogP contribution in [0.5, 0.6) is 0 Å². The number of halogens is 1. The van der Waals surface area contributed by atoms with E-state index in [1.54, 1.807) is 24.3 Å². The van der Waals surface area contributed by atoms with Crippen LogP contribution in [0.4, 0.5) is 11.4 Å². The Morgan fingerprint density at radius 1 is 0.931 bits per heavy atom. The van der Waals surface area contributed by atoms with Crippen molar-refractivity contribution < 1.29 is 13.2 Å². The molecule has 0 saturated carbocycles. The molecule has 0 aliphatic rings. The topological polar surface area (TPSA) is 66.5 Å². The van der Waals surface area contributed by atoms with E-state index in [-0.39, 0.29) is 21.4 Å². The van der Waals surface area contributed by atoms with Crippen LogP contribution in [0, 0.1) is 13.8 Å². The molecule has 0 spiro atoms. The minimum atomic E-state index is -3.73. The third kappa shape index (κ3) is 4.60. The van der Waals surface area contributed by atoms with Crippen LogP contribution in [-0.4, -0.2) is 21.4 Å². The lowest BCUT2D eigenvalue weighted by atomic mass is 10.1. The van der Waals surface area contributed by atoms with Gasteiger partial charge in [-0.2, -0.15) is 0 Å². The molecule has 0 saturated heterocycles. The summed E-state index contributed by atoms with van der Waals surface area (Å²) in [4.78, 5) is 12.8. The Hall–Kier alpha value is -2.83. The number of amides is 1. The summed E-state index contributed by atoms with van der Waals surface area (Å²) < 4.78 is 26.7. The molecule has 3 aromatic carbocycles. The number of nitrogens with zero attached hydrogens (tertiary/aromatic N) is 1. The maximum absolute atomic E-state index is 12.8. The van der Waals surface area contributed by atoms with Crippen LogP contribution >= 0.6 is 11.6 Å². The summed E-state index contributed by atoms with van der Waals surface area (Å²) in [6.45, 7) is 3.90. The molecule has 0 atom stereocenters. The van der Waals surface area contributed by atoms with Gasteiger partial charge in [0.2, 0.25) is 0 Å². The highest BCUT2D eigenvalue weighted by molar-refractivity contribution is 7.92. The third-order valence-corrected chi connectivity index (χ3v) is 6.55. The van der Waals surface area contributed by atoms with E-state index < -0.39 is 10.0 Å². The highest BCUT2D eigenvalue weighted by Crippen LogP contribution is 2.28. The van der Waals surface area contributed by atoms with E-state index in [0.717, 1.165) is 15.4 Å². The Morgan fingerprint density at radius 3 is 2.14 bits per heavy atom. The Balaban J connectivity index is 1.85. The van der Waals surface area contributed by atoms with Crippen LogP contribution in [0.2, 0.25) is 5.02 Å². The molecule has 0 aromatic heterocycles. The van der Waals surface area contributed by atoms with Gasteiger partial charge in [0.25, 0.3) is 15.9 Å². The summed E-state index contributed by atoms with van der Waals surface area (Å²) in [7, 11) is -2.28. The summed E-state index contributed by atoms with van der Waals surface area (Å²) in [6, 6.07) is 18.4. The largest absolute Gasteiger partial charge is 0.322 e. The first kappa shape index (κ1) is 20.9. The number of aryl methyl sites for hydroxylation is 2. The van der Waals surface area contributed by atoms with Gasteiger partial charge >= 0.3 is 0 Å². The molecule has 7 heteroatoms. The SMILES string of the molecule is Cc1cc(C)cc(NC(=O)c2ccc(N(C)S(=O)(=O)c3ccccc3)cc2Cl)c1. The van der Waals surface area contributed by atoms with Crippen LogP contribution < -0.4 is 9.62 Å². The van der Waals surface area contributed by atoms with Crippen molar-refractivity contribution in [1.29, 1.82) is 0 Å². The molecular formula is C22H21ClN2O3S. The van der Waals surface area contributed by atoms with Gasteiger partial charge < -0.3 is 5.32 Å². The van der Waals surface area contributed by atoms with Gasteiger partial charge in [-0.1, -0.05) is 35.9 Å². The van der Waals surface area contributed by atoms with Crippen molar-refractivity contribution >= 4 is 38.9 Å². The average molecular weight is 429 g/mol. The van der Waals surface area contributed by atoms with E-state index in [0.29, 0.717) is 11.4 Å². The van der Waals surface area contributed by atoms with Crippen LogP contribution in [0.15, 0.2) is 71.6 Å². The Kier molecular flexibility index (Phi) is 5.96. The van der Waals surface area contributed by atoms with Gasteiger partial charge in [0, 0.05) is 12.7 Å². The first-order chi connectivity index (χ1) is 13.7. The number of rotatable bonds is 5. The second-order valence-corrected chi connectivity index (χ2v) is 9.16. The molecule has 0 bridgehead atoms. The standard InChI is InChI=1S/C22H21ClN2O3S/c1-15-11-16(2)13-17(12-15)24-22(26)20-10-9-18(14-21(20)23)25(3)29(27,28)19-7-5-4-6-8-19/h4-14H,1-3H3,(H,24,26). The van der Waals surface area contributed by atoms with E-state index >= 15 is 0 Å². The minimum Gasteiger partial charge on any atom is -0.322 e. The molecule has 1 amide bonds. The van der Waals surface area contributed by atoms with E-state index in [9.17, 15) is 13.2 Å². The molecule has 29 heavy (non-hydrogen) atoms. The predicted octanol–water partition coefficient (Wildman–Crippen LogP) is 5.03. The summed E-state index contributed by atoms with van der Waals surface area (Å²) in [6.07, 6.45) is 0. The molecule has 3 aromatic rings. The fraction of sp³-hybridized carbons (Fsp3) is 0.136. The zero-order valence-corrected chi connectivity index (χ0v) is 17.9. The maximum Gasteiger partial charge on any atom is 0.264 e. The molecule has 0 aliphatic heterocycles. The zero-order chi connectivity index (χ0) is 21.2. The number of carbonyl (C=O) groups is 1. The normalized spacial score (nSPS) is 11.2. The van der Waals surface area contributed by atoms with E-state index in [4.69, 9.17) is 11.6 Å². The molecule has 0 fully saturated rings. The maximum atomic E-state index is 12.8. The van der Waals surface area contributed by atoms with Crippen molar-refractivity contribution in [3.05, 3.63) is 88.4 Å². The number of carbonyl (C=O) groups excluding carboxylic acids is 1. The number of nitrogens with one attached hydrogen (secondary N) is 1. The fourth-order valence-corrected chi connectivity index (χ4v) is 4.49.